The van der Waals surface area contributed by atoms with Crippen LogP contribution in [0.4, 0.5) is 4.79 Å². The van der Waals surface area contributed by atoms with Gasteiger partial charge in [0.2, 0.25) is 5.91 Å². The molecule has 0 aromatic rings. The molecule has 0 aromatic heterocycles. The van der Waals surface area contributed by atoms with Gasteiger partial charge in [0.25, 0.3) is 0 Å². The summed E-state index contributed by atoms with van der Waals surface area (Å²) in [6.45, 7) is 7.49. The van der Waals surface area contributed by atoms with Gasteiger partial charge >= 0.3 is 6.09 Å². The summed E-state index contributed by atoms with van der Waals surface area (Å²) in [5, 5.41) is 2.90. The van der Waals surface area contributed by atoms with Crippen LogP contribution in [-0.4, -0.2) is 48.2 Å². The van der Waals surface area contributed by atoms with E-state index >= 15 is 0 Å². The van der Waals surface area contributed by atoms with E-state index in [-0.39, 0.29) is 23.5 Å². The lowest BCUT2D eigenvalue weighted by Gasteiger charge is -2.47. The molecule has 2 aliphatic heterocycles. The third-order valence-corrected chi connectivity index (χ3v) is 4.24. The number of nitrogens with two attached hydrogens (primary N) is 1. The van der Waals surface area contributed by atoms with E-state index < -0.39 is 5.60 Å². The SMILES string of the molecule is CC(C)(C)OC(=O)N1CCC2(CC1)CNC(=O)CC2N. The average molecular weight is 283 g/mol. The second kappa shape index (κ2) is 5.24. The molecule has 2 aliphatic rings. The summed E-state index contributed by atoms with van der Waals surface area (Å²) in [5.41, 5.74) is 5.63. The molecule has 20 heavy (non-hydrogen) atoms. The Balaban J connectivity index is 1.92. The second-order valence-corrected chi connectivity index (χ2v) is 6.92. The monoisotopic (exact) mass is 283 g/mol. The fourth-order valence-corrected chi connectivity index (χ4v) is 2.90. The standard InChI is InChI=1S/C14H25N3O3/c1-13(2,3)20-12(19)17-6-4-14(5-7-17)9-16-11(18)8-10(14)15/h10H,4-9,15H2,1-3H3,(H,16,18). The molecule has 2 heterocycles. The maximum atomic E-state index is 12.0. The lowest BCUT2D eigenvalue weighted by molar-refractivity contribution is -0.126. The van der Waals surface area contributed by atoms with E-state index in [0.29, 0.717) is 26.1 Å². The van der Waals surface area contributed by atoms with Gasteiger partial charge in [-0.3, -0.25) is 4.79 Å². The maximum Gasteiger partial charge on any atom is 0.410 e. The van der Waals surface area contributed by atoms with Crippen molar-refractivity contribution in [2.24, 2.45) is 11.1 Å². The summed E-state index contributed by atoms with van der Waals surface area (Å²) in [5.74, 6) is 0.0256. The van der Waals surface area contributed by atoms with Crippen molar-refractivity contribution >= 4 is 12.0 Å². The smallest absolute Gasteiger partial charge is 0.410 e. The van der Waals surface area contributed by atoms with Crippen LogP contribution in [-0.2, 0) is 9.53 Å². The van der Waals surface area contributed by atoms with Gasteiger partial charge < -0.3 is 20.7 Å². The van der Waals surface area contributed by atoms with Gasteiger partial charge in [-0.15, -0.1) is 0 Å². The number of nitrogens with zero attached hydrogens (tertiary/aromatic N) is 1. The zero-order valence-corrected chi connectivity index (χ0v) is 12.6. The maximum absolute atomic E-state index is 12.0. The first-order valence-corrected chi connectivity index (χ1v) is 7.22. The number of carbonyl (C=O) groups is 2. The molecule has 0 aliphatic carbocycles. The Morgan fingerprint density at radius 3 is 2.50 bits per heavy atom. The summed E-state index contributed by atoms with van der Waals surface area (Å²) in [6.07, 6.45) is 1.74. The van der Waals surface area contributed by atoms with Crippen molar-refractivity contribution in [2.45, 2.75) is 51.7 Å². The van der Waals surface area contributed by atoms with Crippen LogP contribution in [0.15, 0.2) is 0 Å². The molecular formula is C14H25N3O3. The minimum Gasteiger partial charge on any atom is -0.444 e. The van der Waals surface area contributed by atoms with Gasteiger partial charge in [0, 0.05) is 37.5 Å². The highest BCUT2D eigenvalue weighted by Gasteiger charge is 2.44. The zero-order valence-electron chi connectivity index (χ0n) is 12.6. The Labute approximate surface area is 120 Å². The highest BCUT2D eigenvalue weighted by molar-refractivity contribution is 5.77. The first-order chi connectivity index (χ1) is 9.22. The van der Waals surface area contributed by atoms with E-state index in [1.165, 1.54) is 0 Å². The van der Waals surface area contributed by atoms with Crippen LogP contribution < -0.4 is 11.1 Å². The van der Waals surface area contributed by atoms with Crippen molar-refractivity contribution in [1.29, 1.82) is 0 Å². The largest absolute Gasteiger partial charge is 0.444 e. The Morgan fingerprint density at radius 2 is 2.00 bits per heavy atom. The van der Waals surface area contributed by atoms with E-state index in [0.717, 1.165) is 12.8 Å². The molecule has 114 valence electrons. The van der Waals surface area contributed by atoms with E-state index in [2.05, 4.69) is 5.32 Å². The number of likely N-dealkylation sites (tertiary alicyclic amines) is 1. The van der Waals surface area contributed by atoms with Crippen molar-refractivity contribution < 1.29 is 14.3 Å². The van der Waals surface area contributed by atoms with Crippen LogP contribution >= 0.6 is 0 Å². The van der Waals surface area contributed by atoms with Gasteiger partial charge in [-0.05, 0) is 33.6 Å². The summed E-state index contributed by atoms with van der Waals surface area (Å²) in [6, 6.07) is -0.114. The molecule has 0 saturated carbocycles. The minimum atomic E-state index is -0.471. The number of hydrogen-bond acceptors (Lipinski definition) is 4. The summed E-state index contributed by atoms with van der Waals surface area (Å²) < 4.78 is 5.38. The van der Waals surface area contributed by atoms with Gasteiger partial charge in [0.05, 0.1) is 0 Å². The van der Waals surface area contributed by atoms with Crippen molar-refractivity contribution in [3.05, 3.63) is 0 Å². The zero-order chi connectivity index (χ0) is 15.0. The minimum absolute atomic E-state index is 0.0256. The molecule has 2 rings (SSSR count). The van der Waals surface area contributed by atoms with Crippen LogP contribution in [0.2, 0.25) is 0 Å². The van der Waals surface area contributed by atoms with Crippen LogP contribution in [0.5, 0.6) is 0 Å². The Morgan fingerprint density at radius 1 is 1.40 bits per heavy atom. The molecule has 2 saturated heterocycles. The molecule has 2 fully saturated rings. The van der Waals surface area contributed by atoms with Gasteiger partial charge in [0.15, 0.2) is 0 Å². The van der Waals surface area contributed by atoms with Crippen LogP contribution in [0.25, 0.3) is 0 Å². The number of nitrogens with one attached hydrogen (secondary N) is 1. The Kier molecular flexibility index (Phi) is 3.95. The number of piperidine rings is 2. The fourth-order valence-electron chi connectivity index (χ4n) is 2.90. The molecule has 6 heteroatoms. The predicted molar refractivity (Wildman–Crippen MR) is 75.1 cm³/mol. The van der Waals surface area contributed by atoms with Crippen molar-refractivity contribution in [3.63, 3.8) is 0 Å². The first-order valence-electron chi connectivity index (χ1n) is 7.22. The number of carbonyl (C=O) groups excluding carboxylic acids is 2. The van der Waals surface area contributed by atoms with Crippen LogP contribution in [0.1, 0.15) is 40.0 Å². The predicted octanol–water partition coefficient (Wildman–Crippen LogP) is 0.851. The topological polar surface area (TPSA) is 84.7 Å². The lowest BCUT2D eigenvalue weighted by atomic mass is 9.70. The third-order valence-electron chi connectivity index (χ3n) is 4.24. The molecular weight excluding hydrogens is 258 g/mol. The molecule has 1 unspecified atom stereocenters. The molecule has 0 bridgehead atoms. The average Bonchev–Trinajstić information content (AvgIpc) is 2.33. The number of hydrogen-bond donors (Lipinski definition) is 2. The van der Waals surface area contributed by atoms with Crippen LogP contribution in [0, 0.1) is 5.41 Å². The fraction of sp³-hybridized carbons (Fsp3) is 0.857. The Hall–Kier alpha value is -1.30. The van der Waals surface area contributed by atoms with Crippen molar-refractivity contribution in [1.82, 2.24) is 10.2 Å². The quantitative estimate of drug-likeness (QED) is 0.690. The normalized spacial score (nSPS) is 26.3. The lowest BCUT2D eigenvalue weighted by Crippen LogP contribution is -2.60. The van der Waals surface area contributed by atoms with Gasteiger partial charge in [-0.1, -0.05) is 0 Å². The van der Waals surface area contributed by atoms with Gasteiger partial charge in [-0.2, -0.15) is 0 Å². The molecule has 0 aromatic carbocycles. The second-order valence-electron chi connectivity index (χ2n) is 6.92. The molecule has 6 nitrogen and oxygen atoms in total. The van der Waals surface area contributed by atoms with E-state index in [9.17, 15) is 9.59 Å². The van der Waals surface area contributed by atoms with E-state index in [1.807, 2.05) is 20.8 Å². The molecule has 3 N–H and O–H groups in total. The van der Waals surface area contributed by atoms with E-state index in [4.69, 9.17) is 10.5 Å². The summed E-state index contributed by atoms with van der Waals surface area (Å²) >= 11 is 0. The third kappa shape index (κ3) is 3.23. The highest BCUT2D eigenvalue weighted by Crippen LogP contribution is 2.37. The van der Waals surface area contributed by atoms with Gasteiger partial charge in [-0.25, -0.2) is 4.79 Å². The highest BCUT2D eigenvalue weighted by atomic mass is 16.6. The number of ether oxygens (including phenoxy) is 1. The Bertz CT molecular complexity index is 395. The molecule has 1 atom stereocenters. The van der Waals surface area contributed by atoms with Gasteiger partial charge in [0.1, 0.15) is 5.60 Å². The molecule has 1 spiro atoms. The molecule has 2 amide bonds. The van der Waals surface area contributed by atoms with Crippen molar-refractivity contribution in [3.8, 4) is 0 Å². The number of amides is 2. The first kappa shape index (κ1) is 15.1. The summed E-state index contributed by atoms with van der Waals surface area (Å²) in [7, 11) is 0. The number of rotatable bonds is 0. The van der Waals surface area contributed by atoms with Crippen LogP contribution in [0.3, 0.4) is 0 Å². The summed E-state index contributed by atoms with van der Waals surface area (Å²) in [4.78, 5) is 25.1. The van der Waals surface area contributed by atoms with Crippen molar-refractivity contribution in [2.75, 3.05) is 19.6 Å². The van der Waals surface area contributed by atoms with E-state index in [1.54, 1.807) is 4.90 Å². The molecule has 0 radical (unpaired) electrons.